The first kappa shape index (κ1) is 11.0. The van der Waals surface area contributed by atoms with Crippen LogP contribution in [-0.2, 0) is 6.42 Å². The molecule has 86 valence electrons. The summed E-state index contributed by atoms with van der Waals surface area (Å²) in [4.78, 5) is 15.8. The number of urea groups is 1. The van der Waals surface area contributed by atoms with Crippen LogP contribution in [0.3, 0.4) is 0 Å². The molecule has 0 spiro atoms. The topological polar surface area (TPSA) is 23.6 Å². The van der Waals surface area contributed by atoms with Crippen molar-refractivity contribution in [3.8, 4) is 0 Å². The van der Waals surface area contributed by atoms with Gasteiger partial charge in [-0.05, 0) is 31.4 Å². The number of nitrogens with zero attached hydrogens (tertiary/aromatic N) is 2. The highest BCUT2D eigenvalue weighted by Gasteiger charge is 2.23. The number of fused-ring (bicyclic) bond motifs is 1. The Balaban J connectivity index is 2.28. The maximum atomic E-state index is 12.1. The molecule has 1 aliphatic heterocycles. The first-order valence-electron chi connectivity index (χ1n) is 5.84. The number of para-hydroxylation sites is 1. The molecule has 1 aromatic carbocycles. The van der Waals surface area contributed by atoms with E-state index in [1.54, 1.807) is 4.90 Å². The van der Waals surface area contributed by atoms with Crippen LogP contribution in [0.4, 0.5) is 10.5 Å². The number of hydrogen-bond donors (Lipinski definition) is 0. The van der Waals surface area contributed by atoms with E-state index >= 15 is 0 Å². The summed E-state index contributed by atoms with van der Waals surface area (Å²) in [5.74, 6) is 0. The normalized spacial score (nSPS) is 14.5. The third-order valence-electron chi connectivity index (χ3n) is 3.14. The molecule has 1 aliphatic rings. The van der Waals surface area contributed by atoms with Crippen LogP contribution in [0.2, 0.25) is 0 Å². The van der Waals surface area contributed by atoms with Crippen LogP contribution >= 0.6 is 0 Å². The Hall–Kier alpha value is -1.51. The highest BCUT2D eigenvalue weighted by Crippen LogP contribution is 2.27. The van der Waals surface area contributed by atoms with Crippen LogP contribution in [0, 0.1) is 0 Å². The lowest BCUT2D eigenvalue weighted by Crippen LogP contribution is -2.43. The van der Waals surface area contributed by atoms with Gasteiger partial charge in [0.05, 0.1) is 0 Å². The van der Waals surface area contributed by atoms with E-state index in [1.165, 1.54) is 5.56 Å². The molecule has 1 aromatic rings. The summed E-state index contributed by atoms with van der Waals surface area (Å²) >= 11 is 0. The molecule has 0 aromatic heterocycles. The van der Waals surface area contributed by atoms with Crippen molar-refractivity contribution in [1.82, 2.24) is 4.90 Å². The maximum Gasteiger partial charge on any atom is 0.324 e. The average molecular weight is 218 g/mol. The second-order valence-electron chi connectivity index (χ2n) is 4.18. The van der Waals surface area contributed by atoms with Crippen LogP contribution in [-0.4, -0.2) is 31.1 Å². The van der Waals surface area contributed by atoms with Gasteiger partial charge in [0.2, 0.25) is 0 Å². The summed E-state index contributed by atoms with van der Waals surface area (Å²) in [6, 6.07) is 8.29. The quantitative estimate of drug-likeness (QED) is 0.710. The number of hydrogen-bond acceptors (Lipinski definition) is 1. The molecule has 0 unspecified atom stereocenters. The molecule has 0 bridgehead atoms. The van der Waals surface area contributed by atoms with Gasteiger partial charge >= 0.3 is 6.03 Å². The highest BCUT2D eigenvalue weighted by molar-refractivity contribution is 5.93. The van der Waals surface area contributed by atoms with Gasteiger partial charge in [-0.3, -0.25) is 4.90 Å². The molecule has 2 rings (SSSR count). The van der Waals surface area contributed by atoms with E-state index in [9.17, 15) is 4.79 Å². The van der Waals surface area contributed by atoms with Crippen molar-refractivity contribution in [2.45, 2.75) is 19.8 Å². The van der Waals surface area contributed by atoms with Crippen molar-refractivity contribution < 1.29 is 4.79 Å². The van der Waals surface area contributed by atoms with E-state index in [-0.39, 0.29) is 6.03 Å². The second kappa shape index (κ2) is 4.56. The number of amides is 2. The Morgan fingerprint density at radius 1 is 1.44 bits per heavy atom. The fourth-order valence-electron chi connectivity index (χ4n) is 2.07. The molecule has 1 heterocycles. The number of aryl methyl sites for hydroxylation is 1. The lowest BCUT2D eigenvalue weighted by atomic mass is 10.0. The largest absolute Gasteiger partial charge is 0.328 e. The van der Waals surface area contributed by atoms with E-state index < -0.39 is 0 Å². The Labute approximate surface area is 96.7 Å². The monoisotopic (exact) mass is 218 g/mol. The standard InChI is InChI=1S/C13H18N2O/c1-3-14(2)13(16)15-10-6-8-11-7-4-5-9-12(11)15/h4-5,7,9H,3,6,8,10H2,1-2H3. The first-order valence-corrected chi connectivity index (χ1v) is 5.84. The fraction of sp³-hybridized carbons (Fsp3) is 0.462. The smallest absolute Gasteiger partial charge is 0.324 e. The van der Waals surface area contributed by atoms with Gasteiger partial charge in [0.1, 0.15) is 0 Å². The third kappa shape index (κ3) is 1.90. The number of carbonyl (C=O) groups is 1. The van der Waals surface area contributed by atoms with E-state index in [0.717, 1.165) is 31.6 Å². The molecule has 0 saturated heterocycles. The van der Waals surface area contributed by atoms with Crippen LogP contribution in [0.15, 0.2) is 24.3 Å². The summed E-state index contributed by atoms with van der Waals surface area (Å²) in [5, 5.41) is 0. The summed E-state index contributed by atoms with van der Waals surface area (Å²) in [7, 11) is 1.85. The van der Waals surface area contributed by atoms with Gasteiger partial charge in [0.15, 0.2) is 0 Å². The van der Waals surface area contributed by atoms with Crippen molar-refractivity contribution >= 4 is 11.7 Å². The molecule has 0 radical (unpaired) electrons. The number of benzene rings is 1. The molecular weight excluding hydrogens is 200 g/mol. The van der Waals surface area contributed by atoms with E-state index in [2.05, 4.69) is 6.07 Å². The zero-order valence-corrected chi connectivity index (χ0v) is 9.94. The molecule has 3 nitrogen and oxygen atoms in total. The molecule has 3 heteroatoms. The molecule has 0 fully saturated rings. The van der Waals surface area contributed by atoms with Gasteiger partial charge in [0, 0.05) is 25.8 Å². The lowest BCUT2D eigenvalue weighted by Gasteiger charge is -2.32. The van der Waals surface area contributed by atoms with Gasteiger partial charge in [-0.15, -0.1) is 0 Å². The van der Waals surface area contributed by atoms with Gasteiger partial charge < -0.3 is 4.90 Å². The zero-order valence-electron chi connectivity index (χ0n) is 9.94. The second-order valence-corrected chi connectivity index (χ2v) is 4.18. The molecule has 2 amide bonds. The van der Waals surface area contributed by atoms with Gasteiger partial charge in [-0.25, -0.2) is 4.79 Å². The van der Waals surface area contributed by atoms with E-state index in [0.29, 0.717) is 0 Å². The Morgan fingerprint density at radius 2 is 2.19 bits per heavy atom. The van der Waals surface area contributed by atoms with Crippen LogP contribution in [0.5, 0.6) is 0 Å². The zero-order chi connectivity index (χ0) is 11.5. The van der Waals surface area contributed by atoms with Gasteiger partial charge in [-0.2, -0.15) is 0 Å². The first-order chi connectivity index (χ1) is 7.74. The van der Waals surface area contributed by atoms with E-state index in [1.807, 2.05) is 37.1 Å². The molecular formula is C13H18N2O. The molecule has 0 saturated carbocycles. The summed E-state index contributed by atoms with van der Waals surface area (Å²) in [5.41, 5.74) is 2.37. The number of anilines is 1. The summed E-state index contributed by atoms with van der Waals surface area (Å²) in [6.07, 6.45) is 2.14. The van der Waals surface area contributed by atoms with Crippen molar-refractivity contribution in [2.75, 3.05) is 25.0 Å². The van der Waals surface area contributed by atoms with Gasteiger partial charge in [-0.1, -0.05) is 18.2 Å². The predicted molar refractivity (Wildman–Crippen MR) is 65.8 cm³/mol. The third-order valence-corrected chi connectivity index (χ3v) is 3.14. The summed E-state index contributed by atoms with van der Waals surface area (Å²) in [6.45, 7) is 3.57. The molecule has 0 aliphatic carbocycles. The predicted octanol–water partition coefficient (Wildman–Crippen LogP) is 2.51. The number of carbonyl (C=O) groups excluding carboxylic acids is 1. The molecule has 0 atom stereocenters. The Kier molecular flexibility index (Phi) is 3.13. The van der Waals surface area contributed by atoms with Crippen LogP contribution < -0.4 is 4.90 Å². The number of rotatable bonds is 1. The minimum Gasteiger partial charge on any atom is -0.328 e. The van der Waals surface area contributed by atoms with Crippen molar-refractivity contribution in [1.29, 1.82) is 0 Å². The van der Waals surface area contributed by atoms with Gasteiger partial charge in [0.25, 0.3) is 0 Å². The SMILES string of the molecule is CCN(C)C(=O)N1CCCc2ccccc21. The Bertz CT molecular complexity index is 389. The van der Waals surface area contributed by atoms with Crippen molar-refractivity contribution in [2.24, 2.45) is 0 Å². The average Bonchev–Trinajstić information content (AvgIpc) is 2.36. The Morgan fingerprint density at radius 3 is 2.94 bits per heavy atom. The van der Waals surface area contributed by atoms with Crippen LogP contribution in [0.1, 0.15) is 18.9 Å². The van der Waals surface area contributed by atoms with Crippen molar-refractivity contribution in [3.63, 3.8) is 0 Å². The minimum absolute atomic E-state index is 0.106. The summed E-state index contributed by atoms with van der Waals surface area (Å²) < 4.78 is 0. The van der Waals surface area contributed by atoms with E-state index in [4.69, 9.17) is 0 Å². The fourth-order valence-corrected chi connectivity index (χ4v) is 2.07. The highest BCUT2D eigenvalue weighted by atomic mass is 16.2. The lowest BCUT2D eigenvalue weighted by molar-refractivity contribution is 0.217. The molecule has 0 N–H and O–H groups in total. The maximum absolute atomic E-state index is 12.1. The molecule has 16 heavy (non-hydrogen) atoms. The minimum atomic E-state index is 0.106. The van der Waals surface area contributed by atoms with Crippen LogP contribution in [0.25, 0.3) is 0 Å². The van der Waals surface area contributed by atoms with Crippen molar-refractivity contribution in [3.05, 3.63) is 29.8 Å².